The van der Waals surface area contributed by atoms with Gasteiger partial charge in [0.25, 0.3) is 0 Å². The monoisotopic (exact) mass is 346 g/mol. The Balaban J connectivity index is 2.12. The molecule has 0 amide bonds. The highest BCUT2D eigenvalue weighted by Crippen LogP contribution is 2.30. The molecule has 0 radical (unpaired) electrons. The zero-order valence-electron chi connectivity index (χ0n) is 11.6. The summed E-state index contributed by atoms with van der Waals surface area (Å²) in [6.07, 6.45) is 4.43. The third kappa shape index (κ3) is 4.20. The van der Waals surface area contributed by atoms with Gasteiger partial charge < -0.3 is 9.15 Å². The average molecular weight is 347 g/mol. The Morgan fingerprint density at radius 2 is 2.19 bits per heavy atom. The zero-order chi connectivity index (χ0) is 15.2. The van der Waals surface area contributed by atoms with Crippen LogP contribution in [0.15, 0.2) is 58.0 Å². The lowest BCUT2D eigenvalue weighted by Gasteiger charge is -2.02. The normalized spacial score (nSPS) is 10.8. The van der Waals surface area contributed by atoms with Crippen LogP contribution in [0.3, 0.4) is 0 Å². The second kappa shape index (κ2) is 7.09. The van der Waals surface area contributed by atoms with Crippen LogP contribution in [0.25, 0.3) is 17.4 Å². The number of ether oxygens (including phenoxy) is 1. The van der Waals surface area contributed by atoms with Crippen LogP contribution in [0.1, 0.15) is 11.3 Å². The largest absolute Gasteiger partial charge is 0.458 e. The van der Waals surface area contributed by atoms with Crippen LogP contribution < -0.4 is 0 Å². The van der Waals surface area contributed by atoms with E-state index in [9.17, 15) is 4.79 Å². The SMILES string of the molecule is C=CCOC(=O)/C=C/c1ccc(-c2ccc(C)cc2Br)o1. The average Bonchev–Trinajstić information content (AvgIpc) is 2.91. The summed E-state index contributed by atoms with van der Waals surface area (Å²) in [5.74, 6) is 0.901. The van der Waals surface area contributed by atoms with E-state index in [2.05, 4.69) is 22.5 Å². The number of carbonyl (C=O) groups excluding carboxylic acids is 1. The van der Waals surface area contributed by atoms with Crippen molar-refractivity contribution in [3.63, 3.8) is 0 Å². The maximum Gasteiger partial charge on any atom is 0.331 e. The van der Waals surface area contributed by atoms with E-state index in [0.29, 0.717) is 5.76 Å². The summed E-state index contributed by atoms with van der Waals surface area (Å²) < 4.78 is 11.5. The minimum Gasteiger partial charge on any atom is -0.458 e. The second-order valence-electron chi connectivity index (χ2n) is 4.44. The second-order valence-corrected chi connectivity index (χ2v) is 5.29. The van der Waals surface area contributed by atoms with Gasteiger partial charge in [-0.25, -0.2) is 4.79 Å². The molecule has 0 bridgehead atoms. The molecular weight excluding hydrogens is 332 g/mol. The fraction of sp³-hybridized carbons (Fsp3) is 0.118. The molecule has 0 aliphatic rings. The quantitative estimate of drug-likeness (QED) is 0.445. The van der Waals surface area contributed by atoms with Crippen molar-refractivity contribution < 1.29 is 13.9 Å². The predicted octanol–water partition coefficient (Wildman–Crippen LogP) is 4.76. The molecule has 108 valence electrons. The lowest BCUT2D eigenvalue weighted by molar-refractivity contribution is -0.136. The number of rotatable bonds is 5. The minimum absolute atomic E-state index is 0.197. The molecule has 1 heterocycles. The first-order valence-electron chi connectivity index (χ1n) is 6.42. The number of hydrogen-bond donors (Lipinski definition) is 0. The van der Waals surface area contributed by atoms with Gasteiger partial charge >= 0.3 is 5.97 Å². The summed E-state index contributed by atoms with van der Waals surface area (Å²) in [7, 11) is 0. The summed E-state index contributed by atoms with van der Waals surface area (Å²) in [5, 5.41) is 0. The Kier molecular flexibility index (Phi) is 5.17. The summed E-state index contributed by atoms with van der Waals surface area (Å²) in [6, 6.07) is 9.71. The van der Waals surface area contributed by atoms with Crippen LogP contribution in [0, 0.1) is 6.92 Å². The number of carbonyl (C=O) groups is 1. The van der Waals surface area contributed by atoms with Gasteiger partial charge in [0.15, 0.2) is 0 Å². The van der Waals surface area contributed by atoms with Crippen molar-refractivity contribution in [2.45, 2.75) is 6.92 Å². The van der Waals surface area contributed by atoms with Crippen molar-refractivity contribution in [3.05, 3.63) is 64.9 Å². The first kappa shape index (κ1) is 15.3. The van der Waals surface area contributed by atoms with E-state index in [-0.39, 0.29) is 6.61 Å². The molecule has 0 unspecified atom stereocenters. The lowest BCUT2D eigenvalue weighted by Crippen LogP contribution is -1.99. The smallest absolute Gasteiger partial charge is 0.331 e. The Labute approximate surface area is 132 Å². The molecule has 4 heteroatoms. The van der Waals surface area contributed by atoms with E-state index in [1.165, 1.54) is 17.7 Å². The van der Waals surface area contributed by atoms with E-state index in [1.54, 1.807) is 12.1 Å². The van der Waals surface area contributed by atoms with Crippen molar-refractivity contribution in [1.82, 2.24) is 0 Å². The highest BCUT2D eigenvalue weighted by Gasteiger charge is 2.07. The third-order valence-corrected chi connectivity index (χ3v) is 3.40. The molecule has 0 spiro atoms. The molecule has 0 saturated heterocycles. The molecule has 0 saturated carbocycles. The van der Waals surface area contributed by atoms with Crippen LogP contribution in [0.4, 0.5) is 0 Å². The van der Waals surface area contributed by atoms with Crippen LogP contribution in [0.2, 0.25) is 0 Å². The van der Waals surface area contributed by atoms with Crippen LogP contribution in [-0.2, 0) is 9.53 Å². The summed E-state index contributed by atoms with van der Waals surface area (Å²) in [5.41, 5.74) is 2.14. The first-order chi connectivity index (χ1) is 10.1. The molecule has 2 aromatic rings. The number of aryl methyl sites for hydroxylation is 1. The molecule has 1 aromatic heterocycles. The number of benzene rings is 1. The Bertz CT molecular complexity index is 683. The third-order valence-electron chi connectivity index (χ3n) is 2.74. The number of esters is 1. The predicted molar refractivity (Wildman–Crippen MR) is 86.8 cm³/mol. The molecule has 21 heavy (non-hydrogen) atoms. The van der Waals surface area contributed by atoms with Crippen LogP contribution >= 0.6 is 15.9 Å². The van der Waals surface area contributed by atoms with Crippen molar-refractivity contribution in [1.29, 1.82) is 0 Å². The van der Waals surface area contributed by atoms with Gasteiger partial charge in [-0.1, -0.05) is 34.7 Å². The zero-order valence-corrected chi connectivity index (χ0v) is 13.2. The molecule has 0 aliphatic heterocycles. The van der Waals surface area contributed by atoms with Crippen molar-refractivity contribution in [2.24, 2.45) is 0 Å². The summed E-state index contributed by atoms with van der Waals surface area (Å²) >= 11 is 3.52. The number of hydrogen-bond acceptors (Lipinski definition) is 3. The van der Waals surface area contributed by atoms with E-state index in [0.717, 1.165) is 15.8 Å². The Morgan fingerprint density at radius 3 is 2.90 bits per heavy atom. The first-order valence-corrected chi connectivity index (χ1v) is 7.21. The van der Waals surface area contributed by atoms with Gasteiger partial charge in [0.05, 0.1) is 0 Å². The van der Waals surface area contributed by atoms with E-state index in [4.69, 9.17) is 9.15 Å². The summed E-state index contributed by atoms with van der Waals surface area (Å²) in [4.78, 5) is 11.3. The molecular formula is C17H15BrO3. The van der Waals surface area contributed by atoms with Gasteiger partial charge in [0.2, 0.25) is 0 Å². The highest BCUT2D eigenvalue weighted by molar-refractivity contribution is 9.10. The molecule has 0 N–H and O–H groups in total. The molecule has 1 aromatic carbocycles. The van der Waals surface area contributed by atoms with Gasteiger partial charge in [0.1, 0.15) is 18.1 Å². The van der Waals surface area contributed by atoms with E-state index >= 15 is 0 Å². The van der Waals surface area contributed by atoms with E-state index in [1.807, 2.05) is 31.2 Å². The van der Waals surface area contributed by atoms with E-state index < -0.39 is 5.97 Å². The minimum atomic E-state index is -0.427. The Morgan fingerprint density at radius 1 is 1.38 bits per heavy atom. The van der Waals surface area contributed by atoms with Gasteiger partial charge in [0, 0.05) is 16.1 Å². The van der Waals surface area contributed by atoms with Gasteiger partial charge in [-0.05, 0) is 42.8 Å². The topological polar surface area (TPSA) is 39.4 Å². The fourth-order valence-electron chi connectivity index (χ4n) is 1.75. The Hall–Kier alpha value is -2.07. The maximum absolute atomic E-state index is 11.3. The van der Waals surface area contributed by atoms with Crippen molar-refractivity contribution in [3.8, 4) is 11.3 Å². The summed E-state index contributed by atoms with van der Waals surface area (Å²) in [6.45, 7) is 5.70. The molecule has 3 nitrogen and oxygen atoms in total. The van der Waals surface area contributed by atoms with Crippen molar-refractivity contribution in [2.75, 3.05) is 6.61 Å². The highest BCUT2D eigenvalue weighted by atomic mass is 79.9. The number of furan rings is 1. The molecule has 0 atom stereocenters. The molecule has 2 rings (SSSR count). The maximum atomic E-state index is 11.3. The fourth-order valence-corrected chi connectivity index (χ4v) is 2.44. The van der Waals surface area contributed by atoms with Gasteiger partial charge in [-0.3, -0.25) is 0 Å². The van der Waals surface area contributed by atoms with Gasteiger partial charge in [-0.15, -0.1) is 0 Å². The lowest BCUT2D eigenvalue weighted by atomic mass is 10.1. The van der Waals surface area contributed by atoms with Crippen molar-refractivity contribution >= 4 is 28.0 Å². The van der Waals surface area contributed by atoms with Crippen LogP contribution in [0.5, 0.6) is 0 Å². The van der Waals surface area contributed by atoms with Gasteiger partial charge in [-0.2, -0.15) is 0 Å². The standard InChI is InChI=1S/C17H15BrO3/c1-3-10-20-17(19)9-6-13-5-8-16(21-13)14-7-4-12(2)11-15(14)18/h3-9,11H,1,10H2,2H3/b9-6+. The molecule has 0 aliphatic carbocycles. The molecule has 0 fully saturated rings. The van der Waals surface area contributed by atoms with Crippen LogP contribution in [-0.4, -0.2) is 12.6 Å². The number of halogens is 1.